The van der Waals surface area contributed by atoms with Gasteiger partial charge in [-0.1, -0.05) is 44.2 Å². The van der Waals surface area contributed by atoms with Gasteiger partial charge in [0.2, 0.25) is 21.8 Å². The first-order valence-electron chi connectivity index (χ1n) is 13.4. The fraction of sp³-hybridized carbons (Fsp3) is 0.500. The molecule has 9 nitrogen and oxygen atoms in total. The van der Waals surface area contributed by atoms with Crippen molar-refractivity contribution < 1.29 is 18.0 Å². The molecule has 2 amide bonds. The van der Waals surface area contributed by atoms with Gasteiger partial charge in [0.05, 0.1) is 11.7 Å². The molecular formula is C28H39N5O4S. The van der Waals surface area contributed by atoms with E-state index < -0.39 is 22.0 Å². The summed E-state index contributed by atoms with van der Waals surface area (Å²) in [4.78, 5) is 26.8. The first-order chi connectivity index (χ1) is 18.1. The van der Waals surface area contributed by atoms with E-state index in [2.05, 4.69) is 32.4 Å². The summed E-state index contributed by atoms with van der Waals surface area (Å²) in [5.74, 6) is -0.655. The Morgan fingerprint density at radius 2 is 1.79 bits per heavy atom. The number of anilines is 2. The van der Waals surface area contributed by atoms with Gasteiger partial charge in [-0.2, -0.15) is 4.72 Å². The van der Waals surface area contributed by atoms with Gasteiger partial charge in [0.15, 0.2) is 0 Å². The molecule has 38 heavy (non-hydrogen) atoms. The highest BCUT2D eigenvalue weighted by molar-refractivity contribution is 7.89. The first kappa shape index (κ1) is 28.1. The summed E-state index contributed by atoms with van der Waals surface area (Å²) in [7, 11) is -4.07. The van der Waals surface area contributed by atoms with Crippen LogP contribution in [0.15, 0.2) is 53.4 Å². The molecule has 2 fully saturated rings. The molecule has 4 rings (SSSR count). The van der Waals surface area contributed by atoms with Crippen molar-refractivity contribution in [2.24, 2.45) is 17.6 Å². The molecule has 0 aliphatic carbocycles. The molecule has 2 aliphatic rings. The lowest BCUT2D eigenvalue weighted by molar-refractivity contribution is -0.120. The summed E-state index contributed by atoms with van der Waals surface area (Å²) in [6.45, 7) is 5.66. The number of rotatable bonds is 10. The van der Waals surface area contributed by atoms with Crippen molar-refractivity contribution in [1.29, 1.82) is 0 Å². The lowest BCUT2D eigenvalue weighted by Crippen LogP contribution is -2.48. The van der Waals surface area contributed by atoms with Gasteiger partial charge in [0, 0.05) is 18.8 Å². The van der Waals surface area contributed by atoms with Crippen molar-refractivity contribution in [3.8, 4) is 0 Å². The normalized spacial score (nSPS) is 19.4. The van der Waals surface area contributed by atoms with Gasteiger partial charge >= 0.3 is 0 Å². The molecule has 2 unspecified atom stereocenters. The summed E-state index contributed by atoms with van der Waals surface area (Å²) in [6, 6.07) is 13.9. The quantitative estimate of drug-likeness (QED) is 0.365. The molecule has 5 N–H and O–H groups in total. The van der Waals surface area contributed by atoms with Gasteiger partial charge in [-0.05, 0) is 74.2 Å². The van der Waals surface area contributed by atoms with E-state index in [1.807, 2.05) is 18.2 Å². The number of amides is 2. The van der Waals surface area contributed by atoms with Gasteiger partial charge < -0.3 is 21.3 Å². The van der Waals surface area contributed by atoms with E-state index >= 15 is 0 Å². The molecule has 10 heteroatoms. The van der Waals surface area contributed by atoms with Gasteiger partial charge in [-0.3, -0.25) is 9.59 Å². The largest absolute Gasteiger partial charge is 0.370 e. The van der Waals surface area contributed by atoms with Crippen molar-refractivity contribution >= 4 is 33.2 Å². The smallest absolute Gasteiger partial charge is 0.243 e. The van der Waals surface area contributed by atoms with Crippen molar-refractivity contribution in [2.75, 3.05) is 29.9 Å². The van der Waals surface area contributed by atoms with Crippen molar-refractivity contribution in [1.82, 2.24) is 10.0 Å². The molecular weight excluding hydrogens is 502 g/mol. The molecule has 2 aromatic rings. The third kappa shape index (κ3) is 6.92. The van der Waals surface area contributed by atoms with Crippen LogP contribution in [0.5, 0.6) is 0 Å². The van der Waals surface area contributed by atoms with E-state index in [1.165, 1.54) is 11.6 Å². The third-order valence-corrected chi connectivity index (χ3v) is 8.96. The zero-order chi connectivity index (χ0) is 27.3. The van der Waals surface area contributed by atoms with Crippen LogP contribution in [-0.4, -0.2) is 52.0 Å². The van der Waals surface area contributed by atoms with Crippen molar-refractivity contribution in [2.45, 2.75) is 62.9 Å². The fourth-order valence-electron chi connectivity index (χ4n) is 5.29. The van der Waals surface area contributed by atoms with Crippen LogP contribution >= 0.6 is 0 Å². The van der Waals surface area contributed by atoms with Crippen LogP contribution in [0.4, 0.5) is 11.4 Å². The fourth-order valence-corrected chi connectivity index (χ4v) is 6.85. The zero-order valence-corrected chi connectivity index (χ0v) is 23.0. The average molecular weight is 542 g/mol. The Kier molecular flexibility index (Phi) is 9.07. The molecule has 2 heterocycles. The first-order valence-corrected chi connectivity index (χ1v) is 14.9. The van der Waals surface area contributed by atoms with Gasteiger partial charge in [-0.15, -0.1) is 0 Å². The van der Waals surface area contributed by atoms with Crippen LogP contribution in [-0.2, 0) is 26.0 Å². The van der Waals surface area contributed by atoms with E-state index in [-0.39, 0.29) is 22.8 Å². The number of nitrogens with two attached hydrogens (primary N) is 1. The predicted octanol–water partition coefficient (Wildman–Crippen LogP) is 2.62. The van der Waals surface area contributed by atoms with E-state index in [4.69, 9.17) is 5.73 Å². The van der Waals surface area contributed by atoms with Gasteiger partial charge in [0.1, 0.15) is 10.9 Å². The monoisotopic (exact) mass is 541 g/mol. The molecule has 206 valence electrons. The number of hydrogen-bond acceptors (Lipinski definition) is 6. The highest BCUT2D eigenvalue weighted by Crippen LogP contribution is 2.33. The number of benzene rings is 2. The van der Waals surface area contributed by atoms with Crippen LogP contribution in [0.25, 0.3) is 0 Å². The molecule has 2 saturated heterocycles. The molecule has 2 aromatic carbocycles. The second-order valence-electron chi connectivity index (χ2n) is 10.7. The maximum atomic E-state index is 13.5. The number of nitrogens with zero attached hydrogens (tertiary/aromatic N) is 1. The lowest BCUT2D eigenvalue weighted by Gasteiger charge is -2.35. The number of piperidine rings is 1. The lowest BCUT2D eigenvalue weighted by atomic mass is 9.90. The number of sulfonamides is 1. The van der Waals surface area contributed by atoms with Crippen LogP contribution in [0.3, 0.4) is 0 Å². The summed E-state index contributed by atoms with van der Waals surface area (Å²) >= 11 is 0. The maximum absolute atomic E-state index is 13.5. The Morgan fingerprint density at radius 1 is 1.08 bits per heavy atom. The summed E-state index contributed by atoms with van der Waals surface area (Å²) < 4.78 is 29.5. The third-order valence-electron chi connectivity index (χ3n) is 7.47. The number of carbonyl (C=O) groups is 2. The molecule has 0 aromatic heterocycles. The topological polar surface area (TPSA) is 134 Å². The molecule has 2 aliphatic heterocycles. The average Bonchev–Trinajstić information content (AvgIpc) is 3.43. The second-order valence-corrected chi connectivity index (χ2v) is 12.4. The van der Waals surface area contributed by atoms with E-state index in [9.17, 15) is 18.0 Å². The van der Waals surface area contributed by atoms with Crippen molar-refractivity contribution in [3.63, 3.8) is 0 Å². The summed E-state index contributed by atoms with van der Waals surface area (Å²) in [5, 5.41) is 6.13. The summed E-state index contributed by atoms with van der Waals surface area (Å²) in [5.41, 5.74) is 7.85. The van der Waals surface area contributed by atoms with Crippen LogP contribution in [0.2, 0.25) is 0 Å². The number of primary amides is 1. The van der Waals surface area contributed by atoms with Crippen LogP contribution in [0.1, 0.15) is 45.1 Å². The molecule has 0 spiro atoms. The van der Waals surface area contributed by atoms with Gasteiger partial charge in [-0.25, -0.2) is 8.42 Å². The zero-order valence-electron chi connectivity index (χ0n) is 22.2. The Morgan fingerprint density at radius 3 is 2.39 bits per heavy atom. The predicted molar refractivity (Wildman–Crippen MR) is 149 cm³/mol. The number of hydrogen-bond donors (Lipinski definition) is 4. The Balaban J connectivity index is 1.58. The molecule has 0 saturated carbocycles. The highest BCUT2D eigenvalue weighted by atomic mass is 32.2. The number of nitrogens with one attached hydrogen (secondary N) is 3. The Hall–Kier alpha value is -2.95. The van der Waals surface area contributed by atoms with E-state index in [0.717, 1.165) is 38.6 Å². The van der Waals surface area contributed by atoms with Gasteiger partial charge in [0.25, 0.3) is 0 Å². The van der Waals surface area contributed by atoms with E-state index in [1.54, 1.807) is 26.0 Å². The summed E-state index contributed by atoms with van der Waals surface area (Å²) in [6.07, 6.45) is 4.54. The van der Waals surface area contributed by atoms with E-state index in [0.29, 0.717) is 30.4 Å². The number of carbonyl (C=O) groups excluding carboxylic acids is 2. The highest BCUT2D eigenvalue weighted by Gasteiger charge is 2.31. The Labute approximate surface area is 225 Å². The van der Waals surface area contributed by atoms with Crippen molar-refractivity contribution in [3.05, 3.63) is 54.1 Å². The Bertz CT molecular complexity index is 1220. The molecule has 2 atom stereocenters. The minimum absolute atomic E-state index is 0.0721. The molecule has 0 radical (unpaired) electrons. The second kappa shape index (κ2) is 12.3. The molecule has 0 bridgehead atoms. The van der Waals surface area contributed by atoms with Crippen LogP contribution in [0, 0.1) is 11.8 Å². The van der Waals surface area contributed by atoms with Crippen LogP contribution < -0.4 is 26.0 Å². The minimum atomic E-state index is -4.07. The maximum Gasteiger partial charge on any atom is 0.243 e. The SMILES string of the molecule is CC(C)C(NS(=O)(=O)c1ccc(NC(=O)C2CCCN2)cc1N1CCC(Cc2ccccc2)CC1)C(N)=O. The minimum Gasteiger partial charge on any atom is -0.370 e. The standard InChI is InChI=1S/C28H39N5O4S/c1-19(2)26(27(29)34)32-38(36,37)25-11-10-22(31-28(35)23-9-6-14-30-23)18-24(25)33-15-12-21(13-16-33)17-20-7-4-3-5-8-20/h3-5,7-8,10-11,18-19,21,23,26,30,32H,6,9,12-17H2,1-2H3,(H2,29,34)(H,31,35).